The molecule has 6 nitrogen and oxygen atoms in total. The number of nitrogens with one attached hydrogen (secondary N) is 1. The molecule has 154 valence electrons. The lowest BCUT2D eigenvalue weighted by atomic mass is 10.2. The van der Waals surface area contributed by atoms with Gasteiger partial charge in [0.15, 0.2) is 11.4 Å². The van der Waals surface area contributed by atoms with E-state index in [0.717, 1.165) is 11.8 Å². The molecule has 0 bridgehead atoms. The first-order valence-electron chi connectivity index (χ1n) is 9.50. The number of hydrogen-bond donors (Lipinski definition) is 2. The molecule has 1 amide bonds. The standard InChI is InChI=1S/C19H17F2N3O3.C2H6/c1-10-2-3-15(13(20)6-10)23-16-12-7-22-8-14(21)17(12)27-18(16)19(26)24-5-4-11(25)9-24;1-2/h2-3,6-8,11,23,25H,4-5,9H2,1H3;1-2H3. The number of β-amino-alcohol motifs (C(OH)–C–C–N with tert-alkyl or cyclic N) is 1. The van der Waals surface area contributed by atoms with Gasteiger partial charge in [0.2, 0.25) is 5.76 Å². The molecule has 0 aliphatic carbocycles. The third-order valence-corrected chi connectivity index (χ3v) is 4.58. The summed E-state index contributed by atoms with van der Waals surface area (Å²) in [5.74, 6) is -1.88. The van der Waals surface area contributed by atoms with Crippen LogP contribution >= 0.6 is 0 Å². The molecule has 2 aromatic heterocycles. The van der Waals surface area contributed by atoms with Gasteiger partial charge in [-0.25, -0.2) is 8.78 Å². The second kappa shape index (κ2) is 8.57. The first-order valence-corrected chi connectivity index (χ1v) is 9.50. The van der Waals surface area contributed by atoms with E-state index in [-0.39, 0.29) is 34.6 Å². The summed E-state index contributed by atoms with van der Waals surface area (Å²) in [6, 6.07) is 4.59. The molecule has 8 heteroatoms. The van der Waals surface area contributed by atoms with Crippen LogP contribution in [0.1, 0.15) is 36.4 Å². The number of benzene rings is 1. The molecule has 1 atom stereocenters. The summed E-state index contributed by atoms with van der Waals surface area (Å²) in [5, 5.41) is 12.8. The number of hydrogen-bond acceptors (Lipinski definition) is 5. The van der Waals surface area contributed by atoms with E-state index in [9.17, 15) is 18.7 Å². The summed E-state index contributed by atoms with van der Waals surface area (Å²) in [7, 11) is 0. The predicted molar refractivity (Wildman–Crippen MR) is 106 cm³/mol. The van der Waals surface area contributed by atoms with Crippen LogP contribution in [0.5, 0.6) is 0 Å². The summed E-state index contributed by atoms with van der Waals surface area (Å²) in [6.45, 7) is 6.28. The minimum absolute atomic E-state index is 0.128. The molecular formula is C21H23F2N3O3. The third-order valence-electron chi connectivity index (χ3n) is 4.58. The van der Waals surface area contributed by atoms with E-state index in [0.29, 0.717) is 13.0 Å². The number of aromatic nitrogens is 1. The zero-order valence-corrected chi connectivity index (χ0v) is 16.5. The molecular weight excluding hydrogens is 380 g/mol. The van der Waals surface area contributed by atoms with Gasteiger partial charge in [0.05, 0.1) is 23.4 Å². The first-order chi connectivity index (χ1) is 13.9. The fourth-order valence-electron chi connectivity index (χ4n) is 3.18. The normalized spacial score (nSPS) is 15.9. The monoisotopic (exact) mass is 403 g/mol. The second-order valence-electron chi connectivity index (χ2n) is 6.61. The minimum atomic E-state index is -0.722. The lowest BCUT2D eigenvalue weighted by Crippen LogP contribution is -2.29. The number of rotatable bonds is 3. The van der Waals surface area contributed by atoms with Crippen molar-refractivity contribution in [2.45, 2.75) is 33.3 Å². The lowest BCUT2D eigenvalue weighted by molar-refractivity contribution is 0.0737. The molecule has 1 saturated heterocycles. The van der Waals surface area contributed by atoms with Crippen LogP contribution < -0.4 is 5.32 Å². The maximum absolute atomic E-state index is 14.3. The average Bonchev–Trinajstić information content (AvgIpc) is 3.30. The molecule has 2 N–H and O–H groups in total. The Balaban J connectivity index is 0.00000117. The van der Waals surface area contributed by atoms with Crippen LogP contribution in [0.15, 0.2) is 35.0 Å². The van der Waals surface area contributed by atoms with Crippen molar-refractivity contribution in [2.24, 2.45) is 0 Å². The van der Waals surface area contributed by atoms with Gasteiger partial charge in [-0.15, -0.1) is 0 Å². The topological polar surface area (TPSA) is 78.6 Å². The molecule has 29 heavy (non-hydrogen) atoms. The van der Waals surface area contributed by atoms with Gasteiger partial charge < -0.3 is 19.7 Å². The van der Waals surface area contributed by atoms with E-state index in [4.69, 9.17) is 4.42 Å². The maximum Gasteiger partial charge on any atom is 0.291 e. The highest BCUT2D eigenvalue weighted by molar-refractivity contribution is 6.07. The average molecular weight is 403 g/mol. The Morgan fingerprint density at radius 1 is 1.28 bits per heavy atom. The molecule has 1 aromatic carbocycles. The van der Waals surface area contributed by atoms with Crippen molar-refractivity contribution in [3.05, 3.63) is 53.6 Å². The number of furan rings is 1. The van der Waals surface area contributed by atoms with E-state index in [1.807, 2.05) is 13.8 Å². The van der Waals surface area contributed by atoms with Crippen LogP contribution in [0, 0.1) is 18.6 Å². The first kappa shape index (κ1) is 20.7. The summed E-state index contributed by atoms with van der Waals surface area (Å²) in [5.41, 5.74) is 0.877. The fourth-order valence-corrected chi connectivity index (χ4v) is 3.18. The smallest absolute Gasteiger partial charge is 0.291 e. The van der Waals surface area contributed by atoms with E-state index < -0.39 is 23.6 Å². The number of nitrogens with zero attached hydrogens (tertiary/aromatic N) is 2. The van der Waals surface area contributed by atoms with Crippen molar-refractivity contribution in [1.82, 2.24) is 9.88 Å². The molecule has 1 aliphatic rings. The van der Waals surface area contributed by atoms with Gasteiger partial charge in [-0.2, -0.15) is 0 Å². The van der Waals surface area contributed by atoms with E-state index in [2.05, 4.69) is 10.3 Å². The molecule has 1 fully saturated rings. The number of carbonyl (C=O) groups excluding carboxylic acids is 1. The van der Waals surface area contributed by atoms with Gasteiger partial charge in [-0.1, -0.05) is 19.9 Å². The fraction of sp³-hybridized carbons (Fsp3) is 0.333. The lowest BCUT2D eigenvalue weighted by Gasteiger charge is -2.15. The number of pyridine rings is 1. The Morgan fingerprint density at radius 2 is 2.03 bits per heavy atom. The van der Waals surface area contributed by atoms with E-state index in [1.54, 1.807) is 13.0 Å². The molecule has 0 radical (unpaired) electrons. The van der Waals surface area contributed by atoms with Crippen molar-refractivity contribution in [2.75, 3.05) is 18.4 Å². The Morgan fingerprint density at radius 3 is 2.69 bits per heavy atom. The number of aliphatic hydroxyl groups excluding tert-OH is 1. The zero-order valence-electron chi connectivity index (χ0n) is 16.5. The van der Waals surface area contributed by atoms with E-state index >= 15 is 0 Å². The van der Waals surface area contributed by atoms with Gasteiger partial charge in [0.25, 0.3) is 5.91 Å². The van der Waals surface area contributed by atoms with Crippen LogP contribution in [0.25, 0.3) is 11.0 Å². The summed E-state index contributed by atoms with van der Waals surface area (Å²) >= 11 is 0. The molecule has 0 spiro atoms. The summed E-state index contributed by atoms with van der Waals surface area (Å²) < 4.78 is 33.9. The van der Waals surface area contributed by atoms with E-state index in [1.165, 1.54) is 23.2 Å². The van der Waals surface area contributed by atoms with Crippen molar-refractivity contribution >= 4 is 28.3 Å². The molecule has 1 aliphatic heterocycles. The zero-order chi connectivity index (χ0) is 21.1. The SMILES string of the molecule is CC.Cc1ccc(Nc2c(C(=O)N3CCC(O)C3)oc3c(F)cncc23)c(F)c1. The van der Waals surface area contributed by atoms with Gasteiger partial charge in [-0.3, -0.25) is 9.78 Å². The van der Waals surface area contributed by atoms with Crippen molar-refractivity contribution in [1.29, 1.82) is 0 Å². The van der Waals surface area contributed by atoms with Crippen molar-refractivity contribution in [3.63, 3.8) is 0 Å². The number of aryl methyl sites for hydroxylation is 1. The molecule has 1 unspecified atom stereocenters. The number of fused-ring (bicyclic) bond motifs is 1. The van der Waals surface area contributed by atoms with Gasteiger partial charge in [0.1, 0.15) is 11.5 Å². The van der Waals surface area contributed by atoms with Crippen LogP contribution in [0.2, 0.25) is 0 Å². The Hall–Kier alpha value is -3.00. The summed E-state index contributed by atoms with van der Waals surface area (Å²) in [4.78, 5) is 18.1. The molecule has 4 rings (SSSR count). The quantitative estimate of drug-likeness (QED) is 0.678. The van der Waals surface area contributed by atoms with Crippen LogP contribution in [-0.2, 0) is 0 Å². The highest BCUT2D eigenvalue weighted by Gasteiger charge is 2.31. The predicted octanol–water partition coefficient (Wildman–Crippen LogP) is 4.39. The molecule has 3 heterocycles. The highest BCUT2D eigenvalue weighted by Crippen LogP contribution is 2.36. The van der Waals surface area contributed by atoms with Gasteiger partial charge in [-0.05, 0) is 31.0 Å². The summed E-state index contributed by atoms with van der Waals surface area (Å²) in [6.07, 6.45) is 2.18. The third kappa shape index (κ3) is 4.07. The Kier molecular flexibility index (Phi) is 6.12. The Bertz CT molecular complexity index is 1040. The van der Waals surface area contributed by atoms with Gasteiger partial charge in [0, 0.05) is 19.3 Å². The molecule has 3 aromatic rings. The van der Waals surface area contributed by atoms with Crippen molar-refractivity contribution in [3.8, 4) is 0 Å². The number of halogens is 2. The number of likely N-dealkylation sites (tertiary alicyclic amines) is 1. The molecule has 0 saturated carbocycles. The van der Waals surface area contributed by atoms with Crippen molar-refractivity contribution < 1.29 is 23.1 Å². The van der Waals surface area contributed by atoms with Crippen LogP contribution in [0.4, 0.5) is 20.2 Å². The highest BCUT2D eigenvalue weighted by atomic mass is 19.1. The number of carbonyl (C=O) groups is 1. The minimum Gasteiger partial charge on any atom is -0.445 e. The Labute approximate surface area is 167 Å². The number of anilines is 2. The second-order valence-corrected chi connectivity index (χ2v) is 6.61. The largest absolute Gasteiger partial charge is 0.445 e. The maximum atomic E-state index is 14.3. The van der Waals surface area contributed by atoms with Crippen LogP contribution in [-0.4, -0.2) is 40.1 Å². The van der Waals surface area contributed by atoms with Crippen LogP contribution in [0.3, 0.4) is 0 Å². The van der Waals surface area contributed by atoms with Gasteiger partial charge >= 0.3 is 0 Å². The number of amides is 1. The number of aliphatic hydroxyl groups is 1.